The summed E-state index contributed by atoms with van der Waals surface area (Å²) in [6.45, 7) is 1.87. The number of rotatable bonds is 3. The molecule has 74 valence electrons. The van der Waals surface area contributed by atoms with Gasteiger partial charge in [-0.25, -0.2) is 0 Å². The first-order valence-corrected chi connectivity index (χ1v) is 4.60. The second-order valence-corrected chi connectivity index (χ2v) is 3.64. The zero-order chi connectivity index (χ0) is 9.84. The molecule has 1 rings (SSSR count). The lowest BCUT2D eigenvalue weighted by Crippen LogP contribution is -2.43. The van der Waals surface area contributed by atoms with Gasteiger partial charge in [0.1, 0.15) is 0 Å². The predicted octanol–water partition coefficient (Wildman–Crippen LogP) is 0.766. The van der Waals surface area contributed by atoms with Gasteiger partial charge in [-0.05, 0) is 18.8 Å². The number of carboxylic acids is 1. The first kappa shape index (κ1) is 10.0. The molecule has 13 heavy (non-hydrogen) atoms. The average Bonchev–Trinajstić information content (AvgIpc) is 2.03. The third-order valence-electron chi connectivity index (χ3n) is 2.45. The van der Waals surface area contributed by atoms with E-state index in [0.29, 0.717) is 6.42 Å². The van der Waals surface area contributed by atoms with Crippen molar-refractivity contribution in [1.29, 1.82) is 0 Å². The van der Waals surface area contributed by atoms with Crippen molar-refractivity contribution in [3.8, 4) is 0 Å². The molecular weight excluding hydrogens is 170 g/mol. The smallest absolute Gasteiger partial charge is 0.303 e. The van der Waals surface area contributed by atoms with Gasteiger partial charge in [0.25, 0.3) is 0 Å². The van der Waals surface area contributed by atoms with Gasteiger partial charge >= 0.3 is 5.97 Å². The molecule has 1 amide bonds. The summed E-state index contributed by atoms with van der Waals surface area (Å²) in [5.41, 5.74) is 0. The van der Waals surface area contributed by atoms with Crippen LogP contribution in [-0.2, 0) is 9.59 Å². The van der Waals surface area contributed by atoms with Crippen LogP contribution < -0.4 is 5.32 Å². The maximum Gasteiger partial charge on any atom is 0.303 e. The molecule has 0 spiro atoms. The Balaban J connectivity index is 2.41. The van der Waals surface area contributed by atoms with Crippen LogP contribution in [0.2, 0.25) is 0 Å². The van der Waals surface area contributed by atoms with Gasteiger partial charge in [-0.3, -0.25) is 9.59 Å². The van der Waals surface area contributed by atoms with Crippen LogP contribution in [-0.4, -0.2) is 23.0 Å². The van der Waals surface area contributed by atoms with Gasteiger partial charge < -0.3 is 10.4 Å². The summed E-state index contributed by atoms with van der Waals surface area (Å²) in [4.78, 5) is 21.4. The molecule has 4 nitrogen and oxygen atoms in total. The Morgan fingerprint density at radius 1 is 1.77 bits per heavy atom. The minimum Gasteiger partial charge on any atom is -0.481 e. The summed E-state index contributed by atoms with van der Waals surface area (Å²) in [5.74, 6) is -0.720. The van der Waals surface area contributed by atoms with Crippen molar-refractivity contribution in [1.82, 2.24) is 5.32 Å². The van der Waals surface area contributed by atoms with Gasteiger partial charge in [-0.15, -0.1) is 0 Å². The predicted molar refractivity (Wildman–Crippen MR) is 47.2 cm³/mol. The van der Waals surface area contributed by atoms with Crippen LogP contribution >= 0.6 is 0 Å². The summed E-state index contributed by atoms with van der Waals surface area (Å²) in [5, 5.41) is 11.4. The molecule has 0 radical (unpaired) electrons. The second-order valence-electron chi connectivity index (χ2n) is 3.64. The van der Waals surface area contributed by atoms with E-state index in [1.54, 1.807) is 0 Å². The summed E-state index contributed by atoms with van der Waals surface area (Å²) in [7, 11) is 0. The molecule has 4 heteroatoms. The van der Waals surface area contributed by atoms with E-state index in [-0.39, 0.29) is 24.3 Å². The molecule has 0 saturated carbocycles. The number of carboxylic acid groups (broad SMARTS) is 1. The lowest BCUT2D eigenvalue weighted by molar-refractivity contribution is -0.138. The van der Waals surface area contributed by atoms with E-state index in [0.717, 1.165) is 12.8 Å². The first-order chi connectivity index (χ1) is 6.09. The van der Waals surface area contributed by atoms with Crippen molar-refractivity contribution in [3.05, 3.63) is 0 Å². The molecule has 2 unspecified atom stereocenters. The Hall–Kier alpha value is -1.06. The molecule has 1 saturated heterocycles. The van der Waals surface area contributed by atoms with Crippen molar-refractivity contribution < 1.29 is 14.7 Å². The highest BCUT2D eigenvalue weighted by Gasteiger charge is 2.24. The van der Waals surface area contributed by atoms with Gasteiger partial charge in [0.2, 0.25) is 5.91 Å². The van der Waals surface area contributed by atoms with Gasteiger partial charge in [0.05, 0.1) is 0 Å². The number of hydrogen-bond acceptors (Lipinski definition) is 2. The SMILES string of the molecule is CC(CC(=O)O)C1CCCC(=O)N1. The van der Waals surface area contributed by atoms with Crippen LogP contribution in [0, 0.1) is 5.92 Å². The molecule has 1 fully saturated rings. The maximum atomic E-state index is 11.0. The normalized spacial score (nSPS) is 25.0. The zero-order valence-corrected chi connectivity index (χ0v) is 7.75. The monoisotopic (exact) mass is 185 g/mol. The van der Waals surface area contributed by atoms with E-state index in [2.05, 4.69) is 5.32 Å². The van der Waals surface area contributed by atoms with Crippen molar-refractivity contribution in [3.63, 3.8) is 0 Å². The van der Waals surface area contributed by atoms with Crippen LogP contribution in [0.4, 0.5) is 0 Å². The van der Waals surface area contributed by atoms with Crippen molar-refractivity contribution >= 4 is 11.9 Å². The Morgan fingerprint density at radius 2 is 2.46 bits per heavy atom. The lowest BCUT2D eigenvalue weighted by Gasteiger charge is -2.27. The highest BCUT2D eigenvalue weighted by atomic mass is 16.4. The molecule has 1 aliphatic rings. The molecular formula is C9H15NO3. The van der Waals surface area contributed by atoms with Crippen LogP contribution in [0.25, 0.3) is 0 Å². The summed E-state index contributed by atoms with van der Waals surface area (Å²) >= 11 is 0. The number of hydrogen-bond donors (Lipinski definition) is 2. The van der Waals surface area contributed by atoms with Gasteiger partial charge in [-0.2, -0.15) is 0 Å². The maximum absolute atomic E-state index is 11.0. The minimum atomic E-state index is -0.799. The zero-order valence-electron chi connectivity index (χ0n) is 7.75. The molecule has 0 aliphatic carbocycles. The number of amides is 1. The Morgan fingerprint density at radius 3 is 3.00 bits per heavy atom. The molecule has 1 heterocycles. The van der Waals surface area contributed by atoms with E-state index in [1.165, 1.54) is 0 Å². The molecule has 0 aromatic rings. The fraction of sp³-hybridized carbons (Fsp3) is 0.778. The van der Waals surface area contributed by atoms with Gasteiger partial charge in [0, 0.05) is 18.9 Å². The Bertz CT molecular complexity index is 215. The van der Waals surface area contributed by atoms with E-state index >= 15 is 0 Å². The molecule has 0 aromatic carbocycles. The van der Waals surface area contributed by atoms with Gasteiger partial charge in [0.15, 0.2) is 0 Å². The summed E-state index contributed by atoms with van der Waals surface area (Å²) < 4.78 is 0. The fourth-order valence-electron chi connectivity index (χ4n) is 1.68. The third kappa shape index (κ3) is 3.05. The minimum absolute atomic E-state index is 0.0294. The molecule has 0 aromatic heterocycles. The highest BCUT2D eigenvalue weighted by molar-refractivity contribution is 5.77. The number of piperidine rings is 1. The molecule has 1 aliphatic heterocycles. The molecule has 2 atom stereocenters. The fourth-order valence-corrected chi connectivity index (χ4v) is 1.68. The van der Waals surface area contributed by atoms with Crippen molar-refractivity contribution in [2.24, 2.45) is 5.92 Å². The Kier molecular flexibility index (Phi) is 3.28. The molecule has 0 bridgehead atoms. The molecule has 2 N–H and O–H groups in total. The number of nitrogens with one attached hydrogen (secondary N) is 1. The standard InChI is InChI=1S/C9H15NO3/c1-6(5-9(12)13)7-3-2-4-8(11)10-7/h6-7H,2-5H2,1H3,(H,10,11)(H,12,13). The van der Waals surface area contributed by atoms with Crippen LogP contribution in [0.5, 0.6) is 0 Å². The van der Waals surface area contributed by atoms with E-state index < -0.39 is 5.97 Å². The summed E-state index contributed by atoms with van der Waals surface area (Å²) in [6, 6.07) is 0.0531. The topological polar surface area (TPSA) is 66.4 Å². The number of carbonyl (C=O) groups excluding carboxylic acids is 1. The first-order valence-electron chi connectivity index (χ1n) is 4.60. The van der Waals surface area contributed by atoms with E-state index in [9.17, 15) is 9.59 Å². The quantitative estimate of drug-likeness (QED) is 0.682. The van der Waals surface area contributed by atoms with Gasteiger partial charge in [-0.1, -0.05) is 6.92 Å². The third-order valence-corrected chi connectivity index (χ3v) is 2.45. The van der Waals surface area contributed by atoms with Crippen molar-refractivity contribution in [2.75, 3.05) is 0 Å². The van der Waals surface area contributed by atoms with Crippen molar-refractivity contribution in [2.45, 2.75) is 38.6 Å². The van der Waals surface area contributed by atoms with E-state index in [1.807, 2.05) is 6.92 Å². The van der Waals surface area contributed by atoms with E-state index in [4.69, 9.17) is 5.11 Å². The second kappa shape index (κ2) is 4.25. The summed E-state index contributed by atoms with van der Waals surface area (Å²) in [6.07, 6.45) is 2.49. The number of aliphatic carboxylic acids is 1. The lowest BCUT2D eigenvalue weighted by atomic mass is 9.91. The average molecular weight is 185 g/mol. The Labute approximate surface area is 77.3 Å². The van der Waals surface area contributed by atoms with Crippen LogP contribution in [0.3, 0.4) is 0 Å². The van der Waals surface area contributed by atoms with Crippen LogP contribution in [0.1, 0.15) is 32.6 Å². The largest absolute Gasteiger partial charge is 0.481 e. The highest BCUT2D eigenvalue weighted by Crippen LogP contribution is 2.18. The van der Waals surface area contributed by atoms with Crippen LogP contribution in [0.15, 0.2) is 0 Å². The number of carbonyl (C=O) groups is 2.